The molecule has 0 aliphatic carbocycles. The Kier molecular flexibility index (Phi) is 8.48. The fourth-order valence-corrected chi connectivity index (χ4v) is 3.19. The van der Waals surface area contributed by atoms with Gasteiger partial charge in [0.15, 0.2) is 5.69 Å². The minimum absolute atomic E-state index is 0.0468. The number of amides is 1. The van der Waals surface area contributed by atoms with Gasteiger partial charge < -0.3 is 19.5 Å². The van der Waals surface area contributed by atoms with E-state index >= 15 is 0 Å². The zero-order valence-corrected chi connectivity index (χ0v) is 19.1. The number of benzene rings is 2. The molecule has 0 unspecified atom stereocenters. The van der Waals surface area contributed by atoms with Crippen molar-refractivity contribution in [2.75, 3.05) is 31.7 Å². The van der Waals surface area contributed by atoms with Crippen LogP contribution in [0.3, 0.4) is 0 Å². The lowest BCUT2D eigenvalue weighted by Crippen LogP contribution is -2.18. The molecule has 11 heteroatoms. The predicted octanol–water partition coefficient (Wildman–Crippen LogP) is 4.74. The smallest absolute Gasteiger partial charge is 0.434 e. The number of para-hydroxylation sites is 1. The van der Waals surface area contributed by atoms with E-state index in [0.29, 0.717) is 34.9 Å². The van der Waals surface area contributed by atoms with Gasteiger partial charge in [-0.05, 0) is 50.2 Å². The highest BCUT2D eigenvalue weighted by Crippen LogP contribution is 2.34. The van der Waals surface area contributed by atoms with Gasteiger partial charge in [0.05, 0.1) is 30.7 Å². The van der Waals surface area contributed by atoms with E-state index in [1.54, 1.807) is 24.3 Å². The highest BCUT2D eigenvalue weighted by atomic mass is 19.4. The van der Waals surface area contributed by atoms with Gasteiger partial charge in [0.1, 0.15) is 17.9 Å². The Balaban J connectivity index is 1.79. The third-order valence-electron chi connectivity index (χ3n) is 4.72. The van der Waals surface area contributed by atoms with Crippen LogP contribution >= 0.6 is 0 Å². The molecule has 0 saturated heterocycles. The molecule has 186 valence electrons. The Morgan fingerprint density at radius 3 is 2.34 bits per heavy atom. The number of esters is 1. The second kappa shape index (κ2) is 11.5. The third kappa shape index (κ3) is 6.38. The highest BCUT2D eigenvalue weighted by molar-refractivity contribution is 6.06. The zero-order valence-electron chi connectivity index (χ0n) is 19.1. The molecule has 0 bridgehead atoms. The molecule has 1 N–H and O–H groups in total. The van der Waals surface area contributed by atoms with Gasteiger partial charge in [-0.25, -0.2) is 9.48 Å². The number of anilines is 1. The summed E-state index contributed by atoms with van der Waals surface area (Å²) < 4.78 is 57.2. The molecule has 1 aromatic heterocycles. The second-order valence-corrected chi connectivity index (χ2v) is 7.08. The summed E-state index contributed by atoms with van der Waals surface area (Å²) in [6.45, 7) is 4.48. The maximum absolute atomic E-state index is 13.7. The van der Waals surface area contributed by atoms with Crippen LogP contribution in [0.4, 0.5) is 18.9 Å². The van der Waals surface area contributed by atoms with Gasteiger partial charge in [0, 0.05) is 12.3 Å². The number of alkyl halides is 3. The van der Waals surface area contributed by atoms with Crippen molar-refractivity contribution in [1.82, 2.24) is 9.78 Å². The number of hydrogen-bond acceptors (Lipinski definition) is 6. The lowest BCUT2D eigenvalue weighted by molar-refractivity contribution is -0.143. The van der Waals surface area contributed by atoms with Gasteiger partial charge in [0.2, 0.25) is 0 Å². The Labute approximate surface area is 199 Å². The number of aromatic nitrogens is 2. The van der Waals surface area contributed by atoms with Crippen molar-refractivity contribution in [3.05, 3.63) is 71.5 Å². The first kappa shape index (κ1) is 25.8. The molecule has 0 radical (unpaired) electrons. The Morgan fingerprint density at radius 1 is 0.971 bits per heavy atom. The molecule has 1 heterocycles. The molecule has 0 atom stereocenters. The van der Waals surface area contributed by atoms with Crippen molar-refractivity contribution in [3.8, 4) is 11.4 Å². The van der Waals surface area contributed by atoms with E-state index < -0.39 is 29.3 Å². The largest absolute Gasteiger partial charge is 0.490 e. The van der Waals surface area contributed by atoms with Gasteiger partial charge in [0.25, 0.3) is 5.91 Å². The van der Waals surface area contributed by atoms with E-state index in [-0.39, 0.29) is 18.9 Å². The molecule has 0 aliphatic rings. The lowest BCUT2D eigenvalue weighted by atomic mass is 10.1. The quantitative estimate of drug-likeness (QED) is 0.326. The SMILES string of the molecule is CCOCCOc1ccccc1C(=O)Nc1ccc(-n2ncc(C(=O)OCC)c2C(F)(F)F)cc1. The molecule has 0 saturated carbocycles. The minimum Gasteiger partial charge on any atom is -0.490 e. The van der Waals surface area contributed by atoms with Crippen LogP contribution in [0.5, 0.6) is 5.75 Å². The summed E-state index contributed by atoms with van der Waals surface area (Å²) in [6, 6.07) is 12.2. The third-order valence-corrected chi connectivity index (χ3v) is 4.72. The van der Waals surface area contributed by atoms with Gasteiger partial charge in [-0.15, -0.1) is 0 Å². The number of carbonyl (C=O) groups excluding carboxylic acids is 2. The summed E-state index contributed by atoms with van der Waals surface area (Å²) in [5.74, 6) is -1.19. The van der Waals surface area contributed by atoms with Gasteiger partial charge in [-0.2, -0.15) is 18.3 Å². The van der Waals surface area contributed by atoms with Crippen LogP contribution in [0.1, 0.15) is 40.3 Å². The number of carbonyl (C=O) groups is 2. The Morgan fingerprint density at radius 2 is 1.69 bits per heavy atom. The number of halogens is 3. The molecular weight excluding hydrogens is 467 g/mol. The summed E-state index contributed by atoms with van der Waals surface area (Å²) in [5.41, 5.74) is -1.25. The van der Waals surface area contributed by atoms with E-state index in [0.717, 1.165) is 6.20 Å². The molecular formula is C24H24F3N3O5. The molecule has 0 fully saturated rings. The van der Waals surface area contributed by atoms with Crippen molar-refractivity contribution >= 4 is 17.6 Å². The van der Waals surface area contributed by atoms with Gasteiger partial charge in [-0.1, -0.05) is 12.1 Å². The topological polar surface area (TPSA) is 91.7 Å². The van der Waals surface area contributed by atoms with Crippen LogP contribution in [-0.4, -0.2) is 48.1 Å². The molecule has 0 aliphatic heterocycles. The molecule has 1 amide bonds. The molecule has 3 rings (SSSR count). The number of nitrogens with one attached hydrogen (secondary N) is 1. The summed E-state index contributed by atoms with van der Waals surface area (Å²) >= 11 is 0. The van der Waals surface area contributed by atoms with E-state index in [1.807, 2.05) is 6.92 Å². The van der Waals surface area contributed by atoms with E-state index in [2.05, 4.69) is 10.4 Å². The minimum atomic E-state index is -4.85. The van der Waals surface area contributed by atoms with Crippen molar-refractivity contribution in [3.63, 3.8) is 0 Å². The summed E-state index contributed by atoms with van der Waals surface area (Å²) in [5, 5.41) is 6.42. The molecule has 2 aromatic carbocycles. The van der Waals surface area contributed by atoms with Crippen LogP contribution in [-0.2, 0) is 15.7 Å². The average molecular weight is 491 g/mol. The van der Waals surface area contributed by atoms with E-state index in [4.69, 9.17) is 14.2 Å². The summed E-state index contributed by atoms with van der Waals surface area (Å²) in [7, 11) is 0. The molecule has 0 spiro atoms. The molecule has 8 nitrogen and oxygen atoms in total. The van der Waals surface area contributed by atoms with Crippen LogP contribution in [0, 0.1) is 0 Å². The Hall–Kier alpha value is -3.86. The van der Waals surface area contributed by atoms with Crippen molar-refractivity contribution < 1.29 is 37.0 Å². The maximum Gasteiger partial charge on any atom is 0.434 e. The fourth-order valence-electron chi connectivity index (χ4n) is 3.19. The van der Waals surface area contributed by atoms with Crippen LogP contribution in [0.15, 0.2) is 54.7 Å². The summed E-state index contributed by atoms with van der Waals surface area (Å²) in [6.07, 6.45) is -4.03. The standard InChI is InChI=1S/C24H24F3N3O5/c1-3-33-13-14-35-20-8-6-5-7-18(20)22(31)29-16-9-11-17(12-10-16)30-21(24(25,26)27)19(15-28-30)23(32)34-4-2/h5-12,15H,3-4,13-14H2,1-2H3,(H,29,31). The van der Waals surface area contributed by atoms with Crippen molar-refractivity contribution in [2.24, 2.45) is 0 Å². The van der Waals surface area contributed by atoms with Gasteiger partial charge in [-0.3, -0.25) is 4.79 Å². The second-order valence-electron chi connectivity index (χ2n) is 7.08. The lowest BCUT2D eigenvalue weighted by Gasteiger charge is -2.14. The number of ether oxygens (including phenoxy) is 3. The monoisotopic (exact) mass is 491 g/mol. The van der Waals surface area contributed by atoms with Crippen LogP contribution in [0.25, 0.3) is 5.69 Å². The number of rotatable bonds is 10. The van der Waals surface area contributed by atoms with Crippen molar-refractivity contribution in [2.45, 2.75) is 20.0 Å². The first-order chi connectivity index (χ1) is 16.8. The normalized spacial score (nSPS) is 11.2. The fraction of sp³-hybridized carbons (Fsp3) is 0.292. The first-order valence-corrected chi connectivity index (χ1v) is 10.8. The zero-order chi connectivity index (χ0) is 25.4. The maximum atomic E-state index is 13.7. The van der Waals surface area contributed by atoms with Gasteiger partial charge >= 0.3 is 12.1 Å². The summed E-state index contributed by atoms with van der Waals surface area (Å²) in [4.78, 5) is 24.7. The van der Waals surface area contributed by atoms with E-state index in [1.165, 1.54) is 31.2 Å². The molecule has 35 heavy (non-hydrogen) atoms. The van der Waals surface area contributed by atoms with E-state index in [9.17, 15) is 22.8 Å². The first-order valence-electron chi connectivity index (χ1n) is 10.8. The average Bonchev–Trinajstić information content (AvgIpc) is 3.29. The van der Waals surface area contributed by atoms with Crippen LogP contribution < -0.4 is 10.1 Å². The Bertz CT molecular complexity index is 1160. The van der Waals surface area contributed by atoms with Crippen molar-refractivity contribution in [1.29, 1.82) is 0 Å². The van der Waals surface area contributed by atoms with Crippen LogP contribution in [0.2, 0.25) is 0 Å². The highest BCUT2D eigenvalue weighted by Gasteiger charge is 2.41. The molecule has 3 aromatic rings. The number of hydrogen-bond donors (Lipinski definition) is 1. The number of nitrogens with zero attached hydrogens (tertiary/aromatic N) is 2. The predicted molar refractivity (Wildman–Crippen MR) is 121 cm³/mol.